The first-order chi connectivity index (χ1) is 11.0. The molecule has 23 heavy (non-hydrogen) atoms. The van der Waals surface area contributed by atoms with Crippen molar-refractivity contribution >= 4 is 11.8 Å². The van der Waals surface area contributed by atoms with E-state index in [2.05, 4.69) is 15.1 Å². The van der Waals surface area contributed by atoms with Crippen LogP contribution in [0.4, 0.5) is 13.2 Å². The van der Waals surface area contributed by atoms with Crippen molar-refractivity contribution in [1.29, 1.82) is 0 Å². The second-order valence-electron chi connectivity index (χ2n) is 4.55. The van der Waals surface area contributed by atoms with E-state index < -0.39 is 11.7 Å². The first kappa shape index (κ1) is 15.5. The monoisotopic (exact) mass is 337 g/mol. The highest BCUT2D eigenvalue weighted by Crippen LogP contribution is 2.31. The Labute approximate surface area is 133 Å². The Morgan fingerprint density at radius 3 is 2.70 bits per heavy atom. The summed E-state index contributed by atoms with van der Waals surface area (Å²) < 4.78 is 43.2. The fourth-order valence-corrected chi connectivity index (χ4v) is 2.53. The van der Waals surface area contributed by atoms with Gasteiger partial charge < -0.3 is 4.52 Å². The van der Waals surface area contributed by atoms with Crippen molar-refractivity contribution in [2.45, 2.75) is 17.0 Å². The largest absolute Gasteiger partial charge is 0.416 e. The van der Waals surface area contributed by atoms with Crippen LogP contribution in [0.2, 0.25) is 0 Å². The number of rotatable bonds is 4. The van der Waals surface area contributed by atoms with Gasteiger partial charge in [0.2, 0.25) is 11.7 Å². The number of pyridine rings is 1. The molecular weight excluding hydrogens is 327 g/mol. The van der Waals surface area contributed by atoms with Crippen LogP contribution in [0.5, 0.6) is 0 Å². The van der Waals surface area contributed by atoms with E-state index in [0.29, 0.717) is 11.6 Å². The molecule has 2 heterocycles. The predicted molar refractivity (Wildman–Crippen MR) is 78.5 cm³/mol. The second-order valence-corrected chi connectivity index (χ2v) is 5.54. The quantitative estimate of drug-likeness (QED) is 0.659. The number of hydrogen-bond donors (Lipinski definition) is 0. The molecule has 4 nitrogen and oxygen atoms in total. The van der Waals surface area contributed by atoms with Crippen molar-refractivity contribution < 1.29 is 17.7 Å². The molecule has 0 aliphatic rings. The van der Waals surface area contributed by atoms with Crippen LogP contribution in [-0.4, -0.2) is 15.1 Å². The minimum absolute atomic E-state index is 0.132. The number of nitrogens with zero attached hydrogens (tertiary/aromatic N) is 3. The van der Waals surface area contributed by atoms with Crippen molar-refractivity contribution in [1.82, 2.24) is 15.1 Å². The van der Waals surface area contributed by atoms with Crippen LogP contribution in [0.1, 0.15) is 11.5 Å². The van der Waals surface area contributed by atoms with Crippen LogP contribution < -0.4 is 0 Å². The van der Waals surface area contributed by atoms with E-state index in [4.69, 9.17) is 4.52 Å². The van der Waals surface area contributed by atoms with Crippen LogP contribution >= 0.6 is 11.8 Å². The number of halogens is 3. The summed E-state index contributed by atoms with van der Waals surface area (Å²) in [6.45, 7) is 0. The summed E-state index contributed by atoms with van der Waals surface area (Å²) in [5, 5.41) is 4.53. The van der Waals surface area contributed by atoms with E-state index in [-0.39, 0.29) is 11.4 Å². The fourth-order valence-electron chi connectivity index (χ4n) is 1.83. The molecule has 0 unspecified atom stereocenters. The number of thioether (sulfide) groups is 1. The lowest BCUT2D eigenvalue weighted by Crippen LogP contribution is -2.04. The maximum atomic E-state index is 12.7. The zero-order chi connectivity index (χ0) is 16.3. The molecule has 8 heteroatoms. The van der Waals surface area contributed by atoms with Crippen molar-refractivity contribution in [3.8, 4) is 11.4 Å². The van der Waals surface area contributed by atoms with E-state index in [0.717, 1.165) is 17.2 Å². The first-order valence-electron chi connectivity index (χ1n) is 6.56. The van der Waals surface area contributed by atoms with Gasteiger partial charge in [0.15, 0.2) is 0 Å². The number of hydrogen-bond acceptors (Lipinski definition) is 5. The molecular formula is C15H10F3N3OS. The first-order valence-corrected chi connectivity index (χ1v) is 7.55. The Kier molecular flexibility index (Phi) is 4.33. The molecule has 0 aliphatic carbocycles. The maximum absolute atomic E-state index is 12.7. The Morgan fingerprint density at radius 1 is 1.09 bits per heavy atom. The Balaban J connectivity index is 1.74. The number of alkyl halides is 3. The lowest BCUT2D eigenvalue weighted by molar-refractivity contribution is -0.137. The topological polar surface area (TPSA) is 51.8 Å². The molecule has 0 fully saturated rings. The summed E-state index contributed by atoms with van der Waals surface area (Å²) in [6.07, 6.45) is -2.73. The molecule has 118 valence electrons. The molecule has 0 saturated carbocycles. The minimum atomic E-state index is -4.41. The van der Waals surface area contributed by atoms with Crippen LogP contribution in [0.15, 0.2) is 58.2 Å². The smallest absolute Gasteiger partial charge is 0.338 e. The van der Waals surface area contributed by atoms with E-state index in [1.54, 1.807) is 6.20 Å². The van der Waals surface area contributed by atoms with Crippen LogP contribution in [0, 0.1) is 0 Å². The molecule has 2 aromatic heterocycles. The molecule has 3 aromatic rings. The van der Waals surface area contributed by atoms with E-state index in [9.17, 15) is 13.2 Å². The predicted octanol–water partition coefficient (Wildman–Crippen LogP) is 4.44. The van der Waals surface area contributed by atoms with Gasteiger partial charge in [-0.1, -0.05) is 35.1 Å². The zero-order valence-electron chi connectivity index (χ0n) is 11.6. The molecule has 0 saturated heterocycles. The van der Waals surface area contributed by atoms with Crippen LogP contribution in [-0.2, 0) is 11.9 Å². The third-order valence-corrected chi connectivity index (χ3v) is 3.83. The fraction of sp³-hybridized carbons (Fsp3) is 0.133. The molecule has 0 atom stereocenters. The van der Waals surface area contributed by atoms with E-state index in [1.807, 2.05) is 18.2 Å². The summed E-state index contributed by atoms with van der Waals surface area (Å²) in [4.78, 5) is 8.27. The lowest BCUT2D eigenvalue weighted by Gasteiger charge is -2.06. The SMILES string of the molecule is FC(F)(F)c1cccc(-c2noc(CSc3ccccn3)n2)c1. The maximum Gasteiger partial charge on any atom is 0.416 e. The van der Waals surface area contributed by atoms with Crippen molar-refractivity contribution in [2.24, 2.45) is 0 Å². The molecule has 0 bridgehead atoms. The standard InChI is InChI=1S/C15H10F3N3OS/c16-15(17,18)11-5-3-4-10(8-11)14-20-12(22-21-14)9-23-13-6-1-2-7-19-13/h1-8H,9H2. The highest BCUT2D eigenvalue weighted by Gasteiger charge is 2.30. The van der Waals surface area contributed by atoms with Gasteiger partial charge in [-0.2, -0.15) is 18.2 Å². The summed E-state index contributed by atoms with van der Waals surface area (Å²) in [5.41, 5.74) is -0.484. The second kappa shape index (κ2) is 6.41. The number of benzene rings is 1. The summed E-state index contributed by atoms with van der Waals surface area (Å²) in [7, 11) is 0. The lowest BCUT2D eigenvalue weighted by atomic mass is 10.1. The normalized spacial score (nSPS) is 11.6. The average Bonchev–Trinajstić information content (AvgIpc) is 3.02. The molecule has 0 aliphatic heterocycles. The van der Waals surface area contributed by atoms with Crippen LogP contribution in [0.25, 0.3) is 11.4 Å². The summed E-state index contributed by atoms with van der Waals surface area (Å²) in [6, 6.07) is 10.3. The molecule has 0 spiro atoms. The van der Waals surface area contributed by atoms with Crippen molar-refractivity contribution in [2.75, 3.05) is 0 Å². The van der Waals surface area contributed by atoms with Gasteiger partial charge in [0.05, 0.1) is 16.3 Å². The Bertz CT molecular complexity index is 790. The van der Waals surface area contributed by atoms with Gasteiger partial charge in [-0.15, -0.1) is 0 Å². The van der Waals surface area contributed by atoms with Crippen molar-refractivity contribution in [3.63, 3.8) is 0 Å². The van der Waals surface area contributed by atoms with Gasteiger partial charge in [0.25, 0.3) is 0 Å². The van der Waals surface area contributed by atoms with Gasteiger partial charge in [-0.25, -0.2) is 4.98 Å². The Morgan fingerprint density at radius 2 is 1.96 bits per heavy atom. The van der Waals surface area contributed by atoms with E-state index >= 15 is 0 Å². The third kappa shape index (κ3) is 3.89. The molecule has 0 N–H and O–H groups in total. The third-order valence-electron chi connectivity index (χ3n) is 2.90. The van der Waals surface area contributed by atoms with Gasteiger partial charge in [-0.05, 0) is 24.3 Å². The summed E-state index contributed by atoms with van der Waals surface area (Å²) >= 11 is 1.40. The molecule has 1 aromatic carbocycles. The van der Waals surface area contributed by atoms with Gasteiger partial charge in [0.1, 0.15) is 0 Å². The zero-order valence-corrected chi connectivity index (χ0v) is 12.4. The molecule has 0 radical (unpaired) electrons. The summed E-state index contributed by atoms with van der Waals surface area (Å²) in [5.74, 6) is 0.851. The van der Waals surface area contributed by atoms with Crippen molar-refractivity contribution in [3.05, 3.63) is 60.1 Å². The minimum Gasteiger partial charge on any atom is -0.338 e. The van der Waals surface area contributed by atoms with Gasteiger partial charge in [-0.3, -0.25) is 0 Å². The van der Waals surface area contributed by atoms with Gasteiger partial charge >= 0.3 is 6.18 Å². The highest BCUT2D eigenvalue weighted by molar-refractivity contribution is 7.98. The van der Waals surface area contributed by atoms with E-state index in [1.165, 1.54) is 23.9 Å². The molecule has 0 amide bonds. The van der Waals surface area contributed by atoms with Crippen LogP contribution in [0.3, 0.4) is 0 Å². The highest BCUT2D eigenvalue weighted by atomic mass is 32.2. The Hall–Kier alpha value is -2.35. The number of aromatic nitrogens is 3. The average molecular weight is 337 g/mol. The van der Waals surface area contributed by atoms with Gasteiger partial charge in [0, 0.05) is 11.8 Å². The molecule has 3 rings (SSSR count).